The summed E-state index contributed by atoms with van der Waals surface area (Å²) in [4.78, 5) is 32.9. The number of amides is 2. The molecule has 3 heterocycles. The van der Waals surface area contributed by atoms with E-state index in [2.05, 4.69) is 15.3 Å². The summed E-state index contributed by atoms with van der Waals surface area (Å²) in [7, 11) is 0. The highest BCUT2D eigenvalue weighted by Gasteiger charge is 2.24. The van der Waals surface area contributed by atoms with Gasteiger partial charge in [0.1, 0.15) is 17.2 Å². The van der Waals surface area contributed by atoms with Gasteiger partial charge in [-0.2, -0.15) is 9.37 Å². The van der Waals surface area contributed by atoms with Gasteiger partial charge in [0.15, 0.2) is 5.82 Å². The molecule has 1 aromatic heterocycles. The number of rotatable bonds is 4. The lowest BCUT2D eigenvalue weighted by Gasteiger charge is -2.29. The minimum atomic E-state index is -0.814. The molecule has 0 radical (unpaired) electrons. The number of aromatic nitrogens is 2. The van der Waals surface area contributed by atoms with Gasteiger partial charge in [0.25, 0.3) is 5.91 Å². The summed E-state index contributed by atoms with van der Waals surface area (Å²) in [6, 6.07) is 10.3. The fourth-order valence-corrected chi connectivity index (χ4v) is 4.73. The number of fused-ring (bicyclic) bond motifs is 1. The second kappa shape index (κ2) is 8.81. The molecule has 7 nitrogen and oxygen atoms in total. The van der Waals surface area contributed by atoms with Crippen LogP contribution in [0, 0.1) is 11.8 Å². The van der Waals surface area contributed by atoms with E-state index in [0.29, 0.717) is 35.6 Å². The van der Waals surface area contributed by atoms with Crippen molar-refractivity contribution in [2.24, 2.45) is 0 Å². The Bertz CT molecular complexity index is 1270. The van der Waals surface area contributed by atoms with Gasteiger partial charge in [-0.25, -0.2) is 9.37 Å². The van der Waals surface area contributed by atoms with Gasteiger partial charge in [-0.3, -0.25) is 9.59 Å². The minimum Gasteiger partial charge on any atom is -0.382 e. The summed E-state index contributed by atoms with van der Waals surface area (Å²) in [5.41, 5.74) is 8.68. The number of anilines is 1. The number of piperidine rings is 1. The summed E-state index contributed by atoms with van der Waals surface area (Å²) >= 11 is 0. The van der Waals surface area contributed by atoms with Crippen LogP contribution in [0.5, 0.6) is 0 Å². The fraction of sp³-hybridized carbons (Fsp3) is 0.280. The van der Waals surface area contributed by atoms with Crippen LogP contribution in [0.1, 0.15) is 40.2 Å². The lowest BCUT2D eigenvalue weighted by atomic mass is 9.89. The molecule has 0 bridgehead atoms. The molecule has 2 aliphatic heterocycles. The van der Waals surface area contributed by atoms with Crippen LogP contribution in [0.15, 0.2) is 36.4 Å². The number of nitrogens with one attached hydrogen (secondary N) is 1. The van der Waals surface area contributed by atoms with Crippen LogP contribution >= 0.6 is 0 Å². The topological polar surface area (TPSA) is 101 Å². The number of benzene rings is 2. The van der Waals surface area contributed by atoms with Gasteiger partial charge in [-0.05, 0) is 48.4 Å². The zero-order valence-electron chi connectivity index (χ0n) is 18.4. The smallest absolute Gasteiger partial charge is 0.254 e. The maximum atomic E-state index is 14.8. The van der Waals surface area contributed by atoms with Crippen molar-refractivity contribution in [2.45, 2.75) is 25.2 Å². The average Bonchev–Trinajstić information content (AvgIpc) is 2.84. The number of likely N-dealkylation sites (tertiary alicyclic amines) is 1. The van der Waals surface area contributed by atoms with Crippen LogP contribution in [0.2, 0.25) is 0 Å². The van der Waals surface area contributed by atoms with E-state index in [1.165, 1.54) is 6.07 Å². The van der Waals surface area contributed by atoms with E-state index in [9.17, 15) is 18.4 Å². The van der Waals surface area contributed by atoms with Gasteiger partial charge in [0.05, 0.1) is 5.56 Å². The Balaban J connectivity index is 1.47. The van der Waals surface area contributed by atoms with Crippen LogP contribution in [0.3, 0.4) is 0 Å². The van der Waals surface area contributed by atoms with Crippen molar-refractivity contribution >= 4 is 18.1 Å². The predicted octanol–water partition coefficient (Wildman–Crippen LogP) is 3.29. The van der Waals surface area contributed by atoms with Crippen molar-refractivity contribution in [2.75, 3.05) is 25.4 Å². The predicted molar refractivity (Wildman–Crippen MR) is 123 cm³/mol. The quantitative estimate of drug-likeness (QED) is 0.579. The number of hydrogen-bond donors (Lipinski definition) is 2. The van der Waals surface area contributed by atoms with E-state index in [4.69, 9.17) is 5.73 Å². The molecule has 0 saturated carbocycles. The molecule has 2 amide bonds. The van der Waals surface area contributed by atoms with Gasteiger partial charge >= 0.3 is 0 Å². The van der Waals surface area contributed by atoms with Crippen LogP contribution in [0.25, 0.3) is 22.5 Å². The summed E-state index contributed by atoms with van der Waals surface area (Å²) in [5.74, 6) is -1.77. The third-order valence-corrected chi connectivity index (χ3v) is 6.57. The molecule has 1 fully saturated rings. The zero-order valence-corrected chi connectivity index (χ0v) is 18.4. The van der Waals surface area contributed by atoms with Crippen LogP contribution in [0.4, 0.5) is 14.6 Å². The lowest BCUT2D eigenvalue weighted by Crippen LogP contribution is -2.32. The Morgan fingerprint density at radius 2 is 1.76 bits per heavy atom. The number of carbonyl (C=O) groups excluding carboxylic acids is 2. The normalized spacial score (nSPS) is 16.2. The number of nitrogens with zero attached hydrogens (tertiary/aromatic N) is 3. The highest BCUT2D eigenvalue weighted by atomic mass is 19.1. The third-order valence-electron chi connectivity index (χ3n) is 6.57. The lowest BCUT2D eigenvalue weighted by molar-refractivity contribution is -0.119. The first-order chi connectivity index (χ1) is 16.4. The second-order valence-corrected chi connectivity index (χ2v) is 8.63. The van der Waals surface area contributed by atoms with Crippen LogP contribution in [-0.2, 0) is 11.2 Å². The molecule has 2 aliphatic rings. The molecule has 0 aliphatic carbocycles. The zero-order chi connectivity index (χ0) is 23.8. The third kappa shape index (κ3) is 3.98. The maximum Gasteiger partial charge on any atom is 0.254 e. The van der Waals surface area contributed by atoms with E-state index in [1.54, 1.807) is 23.1 Å². The standard InChI is InChI=1S/C25H23F2N5O2/c26-19-12-18(11-17-5-8-29-25(34)20(17)19)22-24(28)31-23(27)21(30-22)16-3-1-14(2-4-16)15-6-9-32(13-33)10-7-15/h1-4,11-13,15H,5-10H2,(H2,28,31)(H,29,34). The number of nitrogens with two attached hydrogens (primary N) is 1. The average molecular weight is 463 g/mol. The molecule has 3 aromatic rings. The number of hydrogen-bond acceptors (Lipinski definition) is 5. The summed E-state index contributed by atoms with van der Waals surface area (Å²) in [6.07, 6.45) is 3.10. The first-order valence-corrected chi connectivity index (χ1v) is 11.2. The minimum absolute atomic E-state index is 0.0124. The van der Waals surface area contributed by atoms with Crippen molar-refractivity contribution in [1.82, 2.24) is 20.2 Å². The molecule has 174 valence electrons. The first-order valence-electron chi connectivity index (χ1n) is 11.2. The molecule has 0 spiro atoms. The van der Waals surface area contributed by atoms with Gasteiger partial charge in [0.2, 0.25) is 12.4 Å². The molecular formula is C25H23F2N5O2. The van der Waals surface area contributed by atoms with Crippen LogP contribution in [-0.4, -0.2) is 46.8 Å². The Morgan fingerprint density at radius 1 is 1.03 bits per heavy atom. The Morgan fingerprint density at radius 3 is 2.47 bits per heavy atom. The van der Waals surface area contributed by atoms with Crippen molar-refractivity contribution in [1.29, 1.82) is 0 Å². The molecule has 2 aromatic carbocycles. The largest absolute Gasteiger partial charge is 0.382 e. The number of carbonyl (C=O) groups is 2. The van der Waals surface area contributed by atoms with E-state index in [1.807, 2.05) is 12.1 Å². The molecule has 0 atom stereocenters. The number of nitrogen functional groups attached to an aromatic ring is 1. The summed E-state index contributed by atoms with van der Waals surface area (Å²) in [6.45, 7) is 1.84. The first kappa shape index (κ1) is 21.9. The summed E-state index contributed by atoms with van der Waals surface area (Å²) in [5, 5.41) is 2.62. The summed E-state index contributed by atoms with van der Waals surface area (Å²) < 4.78 is 29.5. The fourth-order valence-electron chi connectivity index (χ4n) is 4.73. The Kier molecular flexibility index (Phi) is 5.69. The molecule has 34 heavy (non-hydrogen) atoms. The van der Waals surface area contributed by atoms with Crippen molar-refractivity contribution in [3.8, 4) is 22.5 Å². The molecule has 5 rings (SSSR count). The van der Waals surface area contributed by atoms with Crippen molar-refractivity contribution in [3.05, 3.63) is 64.9 Å². The maximum absolute atomic E-state index is 14.8. The van der Waals surface area contributed by atoms with E-state index in [-0.39, 0.29) is 22.8 Å². The highest BCUT2D eigenvalue weighted by Crippen LogP contribution is 2.33. The number of halogens is 2. The second-order valence-electron chi connectivity index (χ2n) is 8.63. The van der Waals surface area contributed by atoms with Gasteiger partial charge in [0, 0.05) is 30.8 Å². The van der Waals surface area contributed by atoms with Gasteiger partial charge < -0.3 is 16.0 Å². The molecule has 3 N–H and O–H groups in total. The molecule has 0 unspecified atom stereocenters. The van der Waals surface area contributed by atoms with Crippen molar-refractivity contribution < 1.29 is 18.4 Å². The Hall–Kier alpha value is -3.88. The molecule has 1 saturated heterocycles. The Labute approximate surface area is 195 Å². The molecular weight excluding hydrogens is 440 g/mol. The van der Waals surface area contributed by atoms with E-state index >= 15 is 0 Å². The van der Waals surface area contributed by atoms with E-state index in [0.717, 1.165) is 37.9 Å². The molecule has 9 heteroatoms. The van der Waals surface area contributed by atoms with Crippen LogP contribution < -0.4 is 11.1 Å². The monoisotopic (exact) mass is 463 g/mol. The van der Waals surface area contributed by atoms with Gasteiger partial charge in [-0.15, -0.1) is 0 Å². The highest BCUT2D eigenvalue weighted by molar-refractivity contribution is 5.97. The van der Waals surface area contributed by atoms with E-state index < -0.39 is 17.7 Å². The van der Waals surface area contributed by atoms with Crippen molar-refractivity contribution in [3.63, 3.8) is 0 Å². The SMILES string of the molecule is Nc1nc(F)c(-c2ccc(C3CCN(C=O)CC3)cc2)nc1-c1cc(F)c2c(c1)CCNC2=O. The van der Waals surface area contributed by atoms with Gasteiger partial charge in [-0.1, -0.05) is 24.3 Å².